The van der Waals surface area contributed by atoms with Crippen molar-refractivity contribution in [3.63, 3.8) is 0 Å². The van der Waals surface area contributed by atoms with Gasteiger partial charge in [0, 0.05) is 41.6 Å². The molecule has 0 heterocycles. The second-order valence-corrected chi connectivity index (χ2v) is 22.1. The Morgan fingerprint density at radius 3 is 2.16 bits per heavy atom. The van der Waals surface area contributed by atoms with Crippen molar-refractivity contribution in [2.75, 3.05) is 18.8 Å². The van der Waals surface area contributed by atoms with Crippen molar-refractivity contribution in [1.29, 1.82) is 0 Å². The molecule has 0 aromatic carbocycles. The standard InChI is InChI=1S/C42H77N3OS2.2ClH/c1-11-31(29(2)3)13-12-30(4)35-16-17-36-34-15-14-32-28-33(18-21-41(32,9)37(34)19-22-42(35,36)10)48-47-27-20-38(46)45(25-23-39(5,6)43)26-24-40(7,8)44;;/h14,29-31,33-37H,11-13,15-28,43-44H2,1-10H3;2*1H/t30-,31-,33+,34+,35-,36+,37+,41+,42-;;/m1../s1. The Balaban J connectivity index is 0.00000433. The molecule has 294 valence electrons. The Morgan fingerprint density at radius 2 is 1.58 bits per heavy atom. The van der Waals surface area contributed by atoms with Gasteiger partial charge in [-0.05, 0) is 151 Å². The molecular formula is C42H79Cl2N3OS2. The molecule has 8 heteroatoms. The monoisotopic (exact) mass is 776 g/mol. The molecule has 9 atom stereocenters. The van der Waals surface area contributed by atoms with Gasteiger partial charge in [-0.25, -0.2) is 0 Å². The molecule has 0 radical (unpaired) electrons. The average Bonchev–Trinajstić information content (AvgIpc) is 3.35. The quantitative estimate of drug-likeness (QED) is 0.0874. The smallest absolute Gasteiger partial charge is 0.223 e. The van der Waals surface area contributed by atoms with Crippen LogP contribution in [0.25, 0.3) is 0 Å². The highest BCUT2D eigenvalue weighted by Crippen LogP contribution is 2.67. The number of nitrogens with zero attached hydrogens (tertiary/aromatic N) is 1. The van der Waals surface area contributed by atoms with E-state index in [0.717, 1.165) is 60.0 Å². The fourth-order valence-electron chi connectivity index (χ4n) is 11.0. The van der Waals surface area contributed by atoms with E-state index in [0.29, 0.717) is 35.6 Å². The highest BCUT2D eigenvalue weighted by molar-refractivity contribution is 8.76. The maximum atomic E-state index is 13.3. The van der Waals surface area contributed by atoms with Crippen LogP contribution in [0.3, 0.4) is 0 Å². The Hall–Kier alpha value is 0.410. The summed E-state index contributed by atoms with van der Waals surface area (Å²) in [7, 11) is 3.99. The topological polar surface area (TPSA) is 72.3 Å². The second kappa shape index (κ2) is 19.3. The molecule has 0 unspecified atom stereocenters. The summed E-state index contributed by atoms with van der Waals surface area (Å²) in [6.45, 7) is 24.9. The third kappa shape index (κ3) is 11.7. The van der Waals surface area contributed by atoms with E-state index in [1.165, 1.54) is 70.6 Å². The third-order valence-electron chi connectivity index (χ3n) is 14.3. The van der Waals surface area contributed by atoms with Crippen molar-refractivity contribution >= 4 is 52.3 Å². The van der Waals surface area contributed by atoms with Crippen molar-refractivity contribution in [1.82, 2.24) is 4.90 Å². The number of rotatable bonds is 17. The number of carbonyl (C=O) groups excluding carboxylic acids is 1. The lowest BCUT2D eigenvalue weighted by molar-refractivity contribution is -0.131. The van der Waals surface area contributed by atoms with Crippen molar-refractivity contribution in [2.45, 2.75) is 175 Å². The lowest BCUT2D eigenvalue weighted by atomic mass is 9.47. The lowest BCUT2D eigenvalue weighted by Crippen LogP contribution is -2.50. The first-order valence-corrected chi connectivity index (χ1v) is 22.6. The molecule has 0 spiro atoms. The van der Waals surface area contributed by atoms with Gasteiger partial charge in [0.2, 0.25) is 5.91 Å². The van der Waals surface area contributed by atoms with Crippen molar-refractivity contribution < 1.29 is 4.79 Å². The van der Waals surface area contributed by atoms with Gasteiger partial charge in [-0.3, -0.25) is 4.79 Å². The number of hydrogen-bond acceptors (Lipinski definition) is 5. The SMILES string of the molecule is CC[C@H](CC[C@@H](C)[C@H]1CC[C@H]2[C@@H]3CC=C4C[C@@H](SSCCC(=O)N(CCC(C)(C)N)CCC(C)(C)N)CC[C@]4(C)[C@H]3CC[C@]12C)C(C)C.Cl.Cl. The summed E-state index contributed by atoms with van der Waals surface area (Å²) in [4.78, 5) is 15.3. The van der Waals surface area contributed by atoms with Gasteiger partial charge in [0.25, 0.3) is 0 Å². The number of carbonyl (C=O) groups is 1. The maximum Gasteiger partial charge on any atom is 0.223 e. The highest BCUT2D eigenvalue weighted by Gasteiger charge is 2.59. The van der Waals surface area contributed by atoms with E-state index >= 15 is 0 Å². The molecule has 0 aliphatic heterocycles. The summed E-state index contributed by atoms with van der Waals surface area (Å²) in [6, 6.07) is 0. The minimum atomic E-state index is -0.272. The predicted molar refractivity (Wildman–Crippen MR) is 228 cm³/mol. The van der Waals surface area contributed by atoms with Crippen LogP contribution < -0.4 is 11.5 Å². The van der Waals surface area contributed by atoms with Gasteiger partial charge >= 0.3 is 0 Å². The van der Waals surface area contributed by atoms with Gasteiger partial charge in [0.1, 0.15) is 0 Å². The molecule has 4 nitrogen and oxygen atoms in total. The minimum Gasteiger partial charge on any atom is -0.343 e. The summed E-state index contributed by atoms with van der Waals surface area (Å²) in [6.07, 6.45) is 20.3. The molecular weight excluding hydrogens is 698 g/mol. The van der Waals surface area contributed by atoms with Crippen LogP contribution >= 0.6 is 46.4 Å². The summed E-state index contributed by atoms with van der Waals surface area (Å²) >= 11 is 0. The summed E-state index contributed by atoms with van der Waals surface area (Å²) < 4.78 is 0. The average molecular weight is 777 g/mol. The van der Waals surface area contributed by atoms with Crippen molar-refractivity contribution in [3.8, 4) is 0 Å². The molecule has 4 rings (SSSR count). The van der Waals surface area contributed by atoms with Gasteiger partial charge < -0.3 is 16.4 Å². The molecule has 4 aliphatic rings. The maximum absolute atomic E-state index is 13.3. The first kappa shape index (κ1) is 46.6. The van der Waals surface area contributed by atoms with Crippen molar-refractivity contribution in [3.05, 3.63) is 11.6 Å². The van der Waals surface area contributed by atoms with Crippen LogP contribution in [-0.2, 0) is 4.79 Å². The normalized spacial score (nSPS) is 32.1. The largest absolute Gasteiger partial charge is 0.343 e. The van der Waals surface area contributed by atoms with Crippen LogP contribution in [0, 0.1) is 52.3 Å². The molecule has 50 heavy (non-hydrogen) atoms. The predicted octanol–water partition coefficient (Wildman–Crippen LogP) is 11.7. The van der Waals surface area contributed by atoms with Crippen LogP contribution in [0.1, 0.15) is 159 Å². The van der Waals surface area contributed by atoms with E-state index in [2.05, 4.69) is 58.4 Å². The molecule has 0 aromatic heterocycles. The number of fused-ring (bicyclic) bond motifs is 5. The van der Waals surface area contributed by atoms with Crippen LogP contribution in [-0.4, -0.2) is 46.0 Å². The molecule has 3 fully saturated rings. The number of halogens is 2. The Morgan fingerprint density at radius 1 is 0.940 bits per heavy atom. The van der Waals surface area contributed by atoms with Gasteiger partial charge in [-0.2, -0.15) is 0 Å². The lowest BCUT2D eigenvalue weighted by Gasteiger charge is -2.58. The summed E-state index contributed by atoms with van der Waals surface area (Å²) in [5, 5.41) is 0.677. The zero-order valence-electron chi connectivity index (χ0n) is 33.9. The second-order valence-electron chi connectivity index (χ2n) is 19.3. The van der Waals surface area contributed by atoms with Gasteiger partial charge in [-0.1, -0.05) is 87.6 Å². The van der Waals surface area contributed by atoms with Crippen LogP contribution in [0.4, 0.5) is 0 Å². The number of allylic oxidation sites excluding steroid dienone is 2. The van der Waals surface area contributed by atoms with E-state index < -0.39 is 0 Å². The molecule has 3 saturated carbocycles. The first-order valence-electron chi connectivity index (χ1n) is 20.2. The summed E-state index contributed by atoms with van der Waals surface area (Å²) in [5.41, 5.74) is 14.7. The Labute approximate surface area is 330 Å². The fraction of sp³-hybridized carbons (Fsp3) is 0.929. The Bertz CT molecular complexity index is 1070. The van der Waals surface area contributed by atoms with E-state index in [4.69, 9.17) is 11.5 Å². The first-order chi connectivity index (χ1) is 22.4. The number of nitrogens with two attached hydrogens (primary N) is 2. The van der Waals surface area contributed by atoms with E-state index in [1.807, 2.05) is 43.4 Å². The number of hydrogen-bond donors (Lipinski definition) is 2. The molecule has 1 amide bonds. The molecule has 4 N–H and O–H groups in total. The highest BCUT2D eigenvalue weighted by atomic mass is 35.5. The summed E-state index contributed by atoms with van der Waals surface area (Å²) in [5.74, 6) is 7.35. The van der Waals surface area contributed by atoms with E-state index in [-0.39, 0.29) is 41.8 Å². The van der Waals surface area contributed by atoms with Gasteiger partial charge in [-0.15, -0.1) is 24.8 Å². The van der Waals surface area contributed by atoms with Crippen molar-refractivity contribution in [2.24, 2.45) is 63.7 Å². The minimum absolute atomic E-state index is 0. The molecule has 0 bridgehead atoms. The molecule has 0 saturated heterocycles. The fourth-order valence-corrected chi connectivity index (χ4v) is 13.6. The molecule has 0 aromatic rings. The Kier molecular flexibility index (Phi) is 18.0. The van der Waals surface area contributed by atoms with Crippen LogP contribution in [0.5, 0.6) is 0 Å². The van der Waals surface area contributed by atoms with E-state index in [9.17, 15) is 4.79 Å². The molecule has 4 aliphatic carbocycles. The number of amides is 1. The third-order valence-corrected chi connectivity index (χ3v) is 17.2. The van der Waals surface area contributed by atoms with Crippen LogP contribution in [0.2, 0.25) is 0 Å². The van der Waals surface area contributed by atoms with E-state index in [1.54, 1.807) is 5.57 Å². The van der Waals surface area contributed by atoms with Gasteiger partial charge in [0.15, 0.2) is 0 Å². The zero-order valence-corrected chi connectivity index (χ0v) is 37.1. The van der Waals surface area contributed by atoms with Crippen LogP contribution in [0.15, 0.2) is 11.6 Å². The zero-order chi connectivity index (χ0) is 35.5. The van der Waals surface area contributed by atoms with Gasteiger partial charge in [0.05, 0.1) is 0 Å².